The number of nitrogens with zero attached hydrogens (tertiary/aromatic N) is 4. The van der Waals surface area contributed by atoms with Crippen LogP contribution in [0.1, 0.15) is 5.56 Å². The Balaban J connectivity index is 2.54. The highest BCUT2D eigenvalue weighted by Crippen LogP contribution is 2.18. The third kappa shape index (κ3) is 3.81. The van der Waals surface area contributed by atoms with Crippen molar-refractivity contribution >= 4 is 0 Å². The summed E-state index contributed by atoms with van der Waals surface area (Å²) in [5, 5.41) is 3.50. The number of hydrogen-bond acceptors (Lipinski definition) is 3. The van der Waals surface area contributed by atoms with Gasteiger partial charge in [-0.25, -0.2) is 0 Å². The molecule has 0 fully saturated rings. The zero-order chi connectivity index (χ0) is 11.8. The summed E-state index contributed by atoms with van der Waals surface area (Å²) in [5.41, 5.74) is 9.30. The van der Waals surface area contributed by atoms with Gasteiger partial charge in [-0.1, -0.05) is 23.3 Å². The highest BCUT2D eigenvalue weighted by Gasteiger charge is 2.04. The molecule has 1 rings (SSSR count). The summed E-state index contributed by atoms with van der Waals surface area (Å²) in [7, 11) is 3.65. The van der Waals surface area contributed by atoms with Crippen LogP contribution in [0.5, 0.6) is 5.75 Å². The minimum absolute atomic E-state index is 0.488. The Morgan fingerprint density at radius 1 is 1.44 bits per heavy atom. The Bertz CT molecular complexity index is 374. The fraction of sp³-hybridized carbons (Fsp3) is 0.455. The van der Waals surface area contributed by atoms with E-state index in [-0.39, 0.29) is 0 Å². The summed E-state index contributed by atoms with van der Waals surface area (Å²) in [4.78, 5) is 4.81. The molecular formula is C11H16N4O. The van der Waals surface area contributed by atoms with Crippen LogP contribution in [0.15, 0.2) is 29.4 Å². The van der Waals surface area contributed by atoms with E-state index in [0.717, 1.165) is 24.4 Å². The van der Waals surface area contributed by atoms with Crippen LogP contribution in [0, 0.1) is 0 Å². The third-order valence-electron chi connectivity index (χ3n) is 2.28. The lowest BCUT2D eigenvalue weighted by Gasteiger charge is -2.17. The quantitative estimate of drug-likeness (QED) is 0.420. The van der Waals surface area contributed by atoms with Crippen LogP contribution >= 0.6 is 0 Å². The molecule has 0 heterocycles. The van der Waals surface area contributed by atoms with Gasteiger partial charge in [0.05, 0.1) is 7.11 Å². The van der Waals surface area contributed by atoms with Crippen LogP contribution in [-0.4, -0.2) is 32.1 Å². The lowest BCUT2D eigenvalue weighted by atomic mass is 10.2. The highest BCUT2D eigenvalue weighted by atomic mass is 16.5. The Morgan fingerprint density at radius 2 is 2.19 bits per heavy atom. The second-order valence-electron chi connectivity index (χ2n) is 3.50. The fourth-order valence-electron chi connectivity index (χ4n) is 1.46. The molecule has 0 amide bonds. The number of azide groups is 1. The fourth-order valence-corrected chi connectivity index (χ4v) is 1.46. The van der Waals surface area contributed by atoms with Crippen molar-refractivity contribution in [3.8, 4) is 5.75 Å². The van der Waals surface area contributed by atoms with Gasteiger partial charge in [-0.15, -0.1) is 0 Å². The molecule has 0 aliphatic carbocycles. The van der Waals surface area contributed by atoms with Crippen LogP contribution in [0.4, 0.5) is 0 Å². The molecule has 5 nitrogen and oxygen atoms in total. The van der Waals surface area contributed by atoms with E-state index in [1.807, 2.05) is 31.3 Å². The van der Waals surface area contributed by atoms with Gasteiger partial charge in [0, 0.05) is 30.1 Å². The molecule has 0 unspecified atom stereocenters. The SMILES string of the molecule is COc1ccccc1CN(C)CCN=[N+]=[N-]. The van der Waals surface area contributed by atoms with Crippen molar-refractivity contribution in [2.45, 2.75) is 6.54 Å². The van der Waals surface area contributed by atoms with Crippen molar-refractivity contribution in [2.24, 2.45) is 5.11 Å². The lowest BCUT2D eigenvalue weighted by molar-refractivity contribution is 0.325. The number of ether oxygens (including phenoxy) is 1. The molecule has 0 atom stereocenters. The number of benzene rings is 1. The van der Waals surface area contributed by atoms with E-state index in [1.54, 1.807) is 7.11 Å². The topological polar surface area (TPSA) is 61.2 Å². The molecule has 0 aromatic heterocycles. The monoisotopic (exact) mass is 220 g/mol. The van der Waals surface area contributed by atoms with Gasteiger partial charge >= 0.3 is 0 Å². The summed E-state index contributed by atoms with van der Waals surface area (Å²) in [6.07, 6.45) is 0. The van der Waals surface area contributed by atoms with E-state index in [1.165, 1.54) is 0 Å². The molecule has 86 valence electrons. The van der Waals surface area contributed by atoms with Crippen molar-refractivity contribution in [1.82, 2.24) is 4.90 Å². The van der Waals surface area contributed by atoms with Crippen molar-refractivity contribution in [3.05, 3.63) is 40.3 Å². The van der Waals surface area contributed by atoms with Crippen LogP contribution in [-0.2, 0) is 6.54 Å². The molecule has 0 saturated heterocycles. The molecule has 0 radical (unpaired) electrons. The first-order valence-electron chi connectivity index (χ1n) is 5.09. The van der Waals surface area contributed by atoms with Gasteiger partial charge < -0.3 is 9.64 Å². The first-order chi connectivity index (χ1) is 7.77. The van der Waals surface area contributed by atoms with Gasteiger partial charge in [0.1, 0.15) is 5.75 Å². The van der Waals surface area contributed by atoms with Gasteiger partial charge in [0.15, 0.2) is 0 Å². The first kappa shape index (κ1) is 12.4. The van der Waals surface area contributed by atoms with E-state index >= 15 is 0 Å². The third-order valence-corrected chi connectivity index (χ3v) is 2.28. The standard InChI is InChI=1S/C11H16N4O/c1-15(8-7-13-14-12)9-10-5-3-4-6-11(10)16-2/h3-6H,7-9H2,1-2H3. The van der Waals surface area contributed by atoms with E-state index < -0.39 is 0 Å². The maximum atomic E-state index is 8.17. The number of likely N-dealkylation sites (N-methyl/N-ethyl adjacent to an activating group) is 1. The Labute approximate surface area is 95.3 Å². The second-order valence-corrected chi connectivity index (χ2v) is 3.50. The van der Waals surface area contributed by atoms with Crippen LogP contribution < -0.4 is 4.74 Å². The number of para-hydroxylation sites is 1. The van der Waals surface area contributed by atoms with Gasteiger partial charge in [-0.3, -0.25) is 0 Å². The molecule has 0 spiro atoms. The predicted molar refractivity (Wildman–Crippen MR) is 63.3 cm³/mol. The van der Waals surface area contributed by atoms with Crippen LogP contribution in [0.3, 0.4) is 0 Å². The lowest BCUT2D eigenvalue weighted by Crippen LogP contribution is -2.21. The zero-order valence-electron chi connectivity index (χ0n) is 9.63. The molecule has 1 aromatic carbocycles. The summed E-state index contributed by atoms with van der Waals surface area (Å²) >= 11 is 0. The van der Waals surface area contributed by atoms with Crippen molar-refractivity contribution in [2.75, 3.05) is 27.2 Å². The summed E-state index contributed by atoms with van der Waals surface area (Å²) < 4.78 is 5.26. The minimum Gasteiger partial charge on any atom is -0.496 e. The summed E-state index contributed by atoms with van der Waals surface area (Å²) in [5.74, 6) is 0.887. The van der Waals surface area contributed by atoms with Crippen LogP contribution in [0.25, 0.3) is 10.4 Å². The Kier molecular flexibility index (Phi) is 5.19. The highest BCUT2D eigenvalue weighted by molar-refractivity contribution is 5.32. The van der Waals surface area contributed by atoms with Crippen LogP contribution in [0.2, 0.25) is 0 Å². The number of hydrogen-bond donors (Lipinski definition) is 0. The van der Waals surface area contributed by atoms with Gasteiger partial charge in [-0.2, -0.15) is 0 Å². The van der Waals surface area contributed by atoms with E-state index in [0.29, 0.717) is 6.54 Å². The largest absolute Gasteiger partial charge is 0.496 e. The number of methoxy groups -OCH3 is 1. The average molecular weight is 220 g/mol. The first-order valence-corrected chi connectivity index (χ1v) is 5.09. The Morgan fingerprint density at radius 3 is 2.88 bits per heavy atom. The van der Waals surface area contributed by atoms with Crippen molar-refractivity contribution < 1.29 is 4.74 Å². The molecule has 0 aliphatic heterocycles. The maximum Gasteiger partial charge on any atom is 0.123 e. The summed E-state index contributed by atoms with van der Waals surface area (Å²) in [6.45, 7) is 2.01. The van der Waals surface area contributed by atoms with E-state index in [4.69, 9.17) is 10.3 Å². The predicted octanol–water partition coefficient (Wildman–Crippen LogP) is 2.44. The summed E-state index contributed by atoms with van der Waals surface area (Å²) in [6, 6.07) is 7.90. The normalized spacial score (nSPS) is 9.94. The van der Waals surface area contributed by atoms with Crippen molar-refractivity contribution in [1.29, 1.82) is 0 Å². The molecule has 0 saturated carbocycles. The average Bonchev–Trinajstić information content (AvgIpc) is 2.30. The Hall–Kier alpha value is -1.71. The zero-order valence-corrected chi connectivity index (χ0v) is 9.63. The second kappa shape index (κ2) is 6.71. The van der Waals surface area contributed by atoms with E-state index in [9.17, 15) is 0 Å². The molecule has 0 N–H and O–H groups in total. The van der Waals surface area contributed by atoms with Gasteiger partial charge in [0.2, 0.25) is 0 Å². The van der Waals surface area contributed by atoms with Gasteiger partial charge in [-0.05, 0) is 18.6 Å². The number of rotatable bonds is 6. The maximum absolute atomic E-state index is 8.17. The minimum atomic E-state index is 0.488. The van der Waals surface area contributed by atoms with E-state index in [2.05, 4.69) is 14.9 Å². The smallest absolute Gasteiger partial charge is 0.123 e. The molecule has 1 aromatic rings. The molecule has 0 bridgehead atoms. The molecule has 5 heteroatoms. The van der Waals surface area contributed by atoms with Crippen molar-refractivity contribution in [3.63, 3.8) is 0 Å². The molecule has 16 heavy (non-hydrogen) atoms. The molecule has 0 aliphatic rings. The molecular weight excluding hydrogens is 204 g/mol. The van der Waals surface area contributed by atoms with Gasteiger partial charge in [0.25, 0.3) is 0 Å².